The minimum Gasteiger partial charge on any atom is -0.376 e. The summed E-state index contributed by atoms with van der Waals surface area (Å²) < 4.78 is 0. The predicted octanol–water partition coefficient (Wildman–Crippen LogP) is 2.83. The first kappa shape index (κ1) is 12.5. The largest absolute Gasteiger partial charge is 0.376 e. The van der Waals surface area contributed by atoms with Crippen LogP contribution < -0.4 is 4.90 Å². The molecule has 0 aromatic carbocycles. The smallest absolute Gasteiger partial charge is 0.174 e. The molecule has 4 heteroatoms. The van der Waals surface area contributed by atoms with Crippen LogP contribution in [0.4, 0.5) is 5.69 Å². The van der Waals surface area contributed by atoms with E-state index in [0.29, 0.717) is 6.42 Å². The number of hydrogen-bond acceptors (Lipinski definition) is 3. The van der Waals surface area contributed by atoms with Crippen molar-refractivity contribution in [2.75, 3.05) is 19.0 Å². The van der Waals surface area contributed by atoms with Crippen LogP contribution in [0.3, 0.4) is 0 Å². The van der Waals surface area contributed by atoms with E-state index < -0.39 is 0 Å². The Balaban J connectivity index is 0.00000144. The summed E-state index contributed by atoms with van der Waals surface area (Å²) >= 11 is 1.52. The van der Waals surface area contributed by atoms with Crippen molar-refractivity contribution in [3.63, 3.8) is 0 Å². The number of rotatable bonds is 3. The van der Waals surface area contributed by atoms with Crippen LogP contribution in [0.15, 0.2) is 11.4 Å². The Bertz CT molecular complexity index is 283. The zero-order valence-electron chi connectivity index (χ0n) is 8.03. The van der Waals surface area contributed by atoms with Crippen molar-refractivity contribution in [3.05, 3.63) is 16.3 Å². The molecule has 0 saturated carbocycles. The molecule has 0 unspecified atom stereocenters. The average molecular weight is 220 g/mol. The van der Waals surface area contributed by atoms with Crippen LogP contribution in [0.5, 0.6) is 0 Å². The number of carbonyl (C=O) groups excluding carboxylic acids is 1. The molecule has 74 valence electrons. The van der Waals surface area contributed by atoms with Crippen molar-refractivity contribution in [1.82, 2.24) is 0 Å². The molecule has 0 spiro atoms. The lowest BCUT2D eigenvalue weighted by Crippen LogP contribution is -2.11. The van der Waals surface area contributed by atoms with Gasteiger partial charge >= 0.3 is 0 Å². The molecule has 0 aliphatic rings. The second-order valence-corrected chi connectivity index (χ2v) is 3.72. The lowest BCUT2D eigenvalue weighted by molar-refractivity contribution is 0.0992. The summed E-state index contributed by atoms with van der Waals surface area (Å²) in [5.74, 6) is 0.230. The molecule has 13 heavy (non-hydrogen) atoms. The van der Waals surface area contributed by atoms with Gasteiger partial charge in [0.1, 0.15) is 0 Å². The molecule has 2 nitrogen and oxygen atoms in total. The minimum absolute atomic E-state index is 0. The highest BCUT2D eigenvalue weighted by atomic mass is 35.5. The van der Waals surface area contributed by atoms with Gasteiger partial charge in [-0.3, -0.25) is 4.79 Å². The molecule has 1 aromatic rings. The van der Waals surface area contributed by atoms with Crippen LogP contribution >= 0.6 is 23.7 Å². The second-order valence-electron chi connectivity index (χ2n) is 2.81. The molecule has 0 amide bonds. The highest BCUT2D eigenvalue weighted by Crippen LogP contribution is 2.25. The highest BCUT2D eigenvalue weighted by Gasteiger charge is 2.11. The molecule has 0 fully saturated rings. The van der Waals surface area contributed by atoms with Crippen molar-refractivity contribution in [2.24, 2.45) is 0 Å². The van der Waals surface area contributed by atoms with Gasteiger partial charge in [-0.1, -0.05) is 6.92 Å². The van der Waals surface area contributed by atoms with Crippen LogP contribution in [0.2, 0.25) is 0 Å². The number of thiophene rings is 1. The molecule has 0 aliphatic heterocycles. The molecule has 1 aromatic heterocycles. The maximum atomic E-state index is 11.4. The van der Waals surface area contributed by atoms with Gasteiger partial charge in [0, 0.05) is 20.5 Å². The van der Waals surface area contributed by atoms with Gasteiger partial charge in [0.25, 0.3) is 0 Å². The Hall–Kier alpha value is -0.540. The number of anilines is 1. The number of carbonyl (C=O) groups is 1. The van der Waals surface area contributed by atoms with E-state index in [-0.39, 0.29) is 18.2 Å². The van der Waals surface area contributed by atoms with Gasteiger partial charge in [-0.25, -0.2) is 0 Å². The first-order valence-electron chi connectivity index (χ1n) is 3.94. The van der Waals surface area contributed by atoms with Crippen molar-refractivity contribution < 1.29 is 4.79 Å². The van der Waals surface area contributed by atoms with Crippen LogP contribution in [0, 0.1) is 0 Å². The number of halogens is 1. The monoisotopic (exact) mass is 219 g/mol. The third-order valence-electron chi connectivity index (χ3n) is 1.70. The number of hydrogen-bond donors (Lipinski definition) is 0. The van der Waals surface area contributed by atoms with Crippen LogP contribution in [-0.2, 0) is 0 Å². The van der Waals surface area contributed by atoms with Gasteiger partial charge < -0.3 is 4.90 Å². The molecule has 0 radical (unpaired) electrons. The van der Waals surface area contributed by atoms with Crippen LogP contribution in [0.1, 0.15) is 23.0 Å². The molecular formula is C9H14ClNOS. The van der Waals surface area contributed by atoms with E-state index >= 15 is 0 Å². The third kappa shape index (κ3) is 2.71. The Morgan fingerprint density at radius 1 is 1.54 bits per heavy atom. The summed E-state index contributed by atoms with van der Waals surface area (Å²) in [6, 6.07) is 1.98. The Labute approximate surface area is 89.0 Å². The van der Waals surface area contributed by atoms with E-state index in [2.05, 4.69) is 0 Å². The van der Waals surface area contributed by atoms with E-state index in [4.69, 9.17) is 0 Å². The first-order valence-corrected chi connectivity index (χ1v) is 4.82. The van der Waals surface area contributed by atoms with Crippen molar-refractivity contribution in [3.8, 4) is 0 Å². The molecule has 1 rings (SSSR count). The van der Waals surface area contributed by atoms with Gasteiger partial charge in [0.15, 0.2) is 5.78 Å². The van der Waals surface area contributed by atoms with Gasteiger partial charge in [0.05, 0.1) is 10.6 Å². The van der Waals surface area contributed by atoms with Crippen molar-refractivity contribution in [1.29, 1.82) is 0 Å². The summed E-state index contributed by atoms with van der Waals surface area (Å²) in [6.07, 6.45) is 0.585. The SMILES string of the molecule is CCC(=O)c1sccc1N(C)C.Cl. The fraction of sp³-hybridized carbons (Fsp3) is 0.444. The van der Waals surface area contributed by atoms with Gasteiger partial charge in [-0.2, -0.15) is 0 Å². The van der Waals surface area contributed by atoms with E-state index in [0.717, 1.165) is 10.6 Å². The lowest BCUT2D eigenvalue weighted by Gasteiger charge is -2.11. The second kappa shape index (κ2) is 5.25. The maximum Gasteiger partial charge on any atom is 0.174 e. The van der Waals surface area contributed by atoms with E-state index in [9.17, 15) is 4.79 Å². The van der Waals surface area contributed by atoms with Crippen LogP contribution in [0.25, 0.3) is 0 Å². The molecule has 0 saturated heterocycles. The zero-order valence-corrected chi connectivity index (χ0v) is 9.67. The topological polar surface area (TPSA) is 20.3 Å². The standard InChI is InChI=1S/C9H13NOS.ClH/c1-4-8(11)9-7(10(2)3)5-6-12-9;/h5-6H,4H2,1-3H3;1H. The van der Waals surface area contributed by atoms with E-state index in [1.54, 1.807) is 0 Å². The predicted molar refractivity (Wildman–Crippen MR) is 60.5 cm³/mol. The number of nitrogens with zero attached hydrogens (tertiary/aromatic N) is 1. The maximum absolute atomic E-state index is 11.4. The Morgan fingerprint density at radius 2 is 2.15 bits per heavy atom. The average Bonchev–Trinajstić information content (AvgIpc) is 2.50. The highest BCUT2D eigenvalue weighted by molar-refractivity contribution is 7.12. The molecule has 0 aliphatic carbocycles. The summed E-state index contributed by atoms with van der Waals surface area (Å²) in [5.41, 5.74) is 1.03. The summed E-state index contributed by atoms with van der Waals surface area (Å²) in [4.78, 5) is 14.2. The molecule has 1 heterocycles. The number of Topliss-reactive ketones (excluding diaryl/α,β-unsaturated/α-hetero) is 1. The zero-order chi connectivity index (χ0) is 9.14. The van der Waals surface area contributed by atoms with E-state index in [1.165, 1.54) is 11.3 Å². The Kier molecular flexibility index (Phi) is 5.03. The fourth-order valence-corrected chi connectivity index (χ4v) is 2.00. The Morgan fingerprint density at radius 3 is 2.62 bits per heavy atom. The van der Waals surface area contributed by atoms with Gasteiger partial charge in [0.2, 0.25) is 0 Å². The van der Waals surface area contributed by atoms with Gasteiger partial charge in [-0.15, -0.1) is 23.7 Å². The molecular weight excluding hydrogens is 206 g/mol. The van der Waals surface area contributed by atoms with Gasteiger partial charge in [-0.05, 0) is 11.4 Å². The van der Waals surface area contributed by atoms with Crippen LogP contribution in [-0.4, -0.2) is 19.9 Å². The molecule has 0 atom stereocenters. The molecule has 0 N–H and O–H groups in total. The number of ketones is 1. The van der Waals surface area contributed by atoms with Crippen molar-refractivity contribution in [2.45, 2.75) is 13.3 Å². The lowest BCUT2D eigenvalue weighted by atomic mass is 10.2. The summed E-state index contributed by atoms with van der Waals surface area (Å²) in [7, 11) is 3.91. The summed E-state index contributed by atoms with van der Waals surface area (Å²) in [6.45, 7) is 1.89. The minimum atomic E-state index is 0. The quantitative estimate of drug-likeness (QED) is 0.729. The van der Waals surface area contributed by atoms with Crippen molar-refractivity contribution >= 4 is 35.2 Å². The van der Waals surface area contributed by atoms with E-state index in [1.807, 2.05) is 37.4 Å². The molecule has 0 bridgehead atoms. The normalized spacial score (nSPS) is 9.15. The fourth-order valence-electron chi connectivity index (χ4n) is 1.02. The first-order chi connectivity index (χ1) is 5.66. The summed E-state index contributed by atoms with van der Waals surface area (Å²) in [5, 5.41) is 1.96. The third-order valence-corrected chi connectivity index (χ3v) is 2.65.